The van der Waals surface area contributed by atoms with E-state index >= 15 is 0 Å². The Bertz CT molecular complexity index is 370. The van der Waals surface area contributed by atoms with Gasteiger partial charge in [0.2, 0.25) is 5.91 Å². The normalized spacial score (nSPS) is 10.4. The number of nitrogens with one attached hydrogen (secondary N) is 2. The molecular formula is C11H17BrN4O. The van der Waals surface area contributed by atoms with Crippen LogP contribution in [0.4, 0.5) is 5.82 Å². The predicted octanol–water partition coefficient (Wildman–Crippen LogP) is 1.81. The van der Waals surface area contributed by atoms with Crippen molar-refractivity contribution in [2.45, 2.75) is 20.3 Å². The van der Waals surface area contributed by atoms with E-state index in [2.05, 4.69) is 50.4 Å². The van der Waals surface area contributed by atoms with Crippen LogP contribution in [-0.4, -0.2) is 29.0 Å². The molecule has 0 fully saturated rings. The first-order valence-electron chi connectivity index (χ1n) is 5.55. The van der Waals surface area contributed by atoms with Crippen molar-refractivity contribution < 1.29 is 4.79 Å². The Morgan fingerprint density at radius 1 is 1.53 bits per heavy atom. The Morgan fingerprint density at radius 2 is 2.29 bits per heavy atom. The maximum Gasteiger partial charge on any atom is 0.221 e. The maximum absolute atomic E-state index is 11.4. The van der Waals surface area contributed by atoms with Crippen LogP contribution in [0.1, 0.15) is 20.3 Å². The summed E-state index contributed by atoms with van der Waals surface area (Å²) < 4.78 is 0.794. The summed E-state index contributed by atoms with van der Waals surface area (Å²) in [5, 5.41) is 5.93. The number of hydrogen-bond acceptors (Lipinski definition) is 4. The number of carbonyl (C=O) groups excluding carboxylic acids is 1. The summed E-state index contributed by atoms with van der Waals surface area (Å²) in [5.74, 6) is 1.23. The van der Waals surface area contributed by atoms with E-state index in [-0.39, 0.29) is 5.91 Å². The lowest BCUT2D eigenvalue weighted by atomic mass is 10.2. The smallest absolute Gasteiger partial charge is 0.221 e. The minimum atomic E-state index is 0.0522. The quantitative estimate of drug-likeness (QED) is 0.841. The van der Waals surface area contributed by atoms with E-state index in [0.29, 0.717) is 24.7 Å². The molecule has 0 saturated carbocycles. The fourth-order valence-corrected chi connectivity index (χ4v) is 1.50. The summed E-state index contributed by atoms with van der Waals surface area (Å²) in [6, 6.07) is 0. The van der Waals surface area contributed by atoms with Crippen LogP contribution in [0, 0.1) is 5.92 Å². The molecule has 0 spiro atoms. The van der Waals surface area contributed by atoms with Gasteiger partial charge in [-0.15, -0.1) is 0 Å². The van der Waals surface area contributed by atoms with Gasteiger partial charge in [0.15, 0.2) is 0 Å². The van der Waals surface area contributed by atoms with Gasteiger partial charge >= 0.3 is 0 Å². The molecule has 0 aliphatic carbocycles. The summed E-state index contributed by atoms with van der Waals surface area (Å²) in [4.78, 5) is 19.3. The zero-order valence-corrected chi connectivity index (χ0v) is 11.6. The molecular weight excluding hydrogens is 284 g/mol. The number of carbonyl (C=O) groups is 1. The highest BCUT2D eigenvalue weighted by molar-refractivity contribution is 9.10. The van der Waals surface area contributed by atoms with Crippen LogP contribution in [0.2, 0.25) is 0 Å². The molecule has 1 heterocycles. The van der Waals surface area contributed by atoms with Crippen molar-refractivity contribution in [3.63, 3.8) is 0 Å². The number of aromatic nitrogens is 2. The van der Waals surface area contributed by atoms with Crippen molar-refractivity contribution in [1.82, 2.24) is 15.3 Å². The molecule has 0 atom stereocenters. The summed E-state index contributed by atoms with van der Waals surface area (Å²) in [5.41, 5.74) is 0. The number of anilines is 1. The van der Waals surface area contributed by atoms with Crippen molar-refractivity contribution in [2.24, 2.45) is 5.92 Å². The lowest BCUT2D eigenvalue weighted by molar-refractivity contribution is -0.120. The predicted molar refractivity (Wildman–Crippen MR) is 70.7 cm³/mol. The zero-order valence-electron chi connectivity index (χ0n) is 10.0. The standard InChI is InChI=1S/C11H17BrN4O/c1-8(2)5-15-10(17)3-4-14-11-9(12)6-13-7-16-11/h6-8H,3-5H2,1-2H3,(H,15,17)(H,13,14,16). The van der Waals surface area contributed by atoms with E-state index < -0.39 is 0 Å². The van der Waals surface area contributed by atoms with Crippen molar-refractivity contribution >= 4 is 27.7 Å². The molecule has 0 radical (unpaired) electrons. The highest BCUT2D eigenvalue weighted by Gasteiger charge is 2.03. The van der Waals surface area contributed by atoms with Crippen molar-refractivity contribution in [3.05, 3.63) is 17.0 Å². The van der Waals surface area contributed by atoms with E-state index in [0.717, 1.165) is 11.0 Å². The third-order valence-corrected chi connectivity index (χ3v) is 2.60. The van der Waals surface area contributed by atoms with Gasteiger partial charge in [-0.2, -0.15) is 0 Å². The fourth-order valence-electron chi connectivity index (χ4n) is 1.14. The number of amides is 1. The molecule has 5 nitrogen and oxygen atoms in total. The summed E-state index contributed by atoms with van der Waals surface area (Å²) >= 11 is 3.33. The molecule has 1 aromatic rings. The minimum Gasteiger partial charge on any atom is -0.369 e. The lowest BCUT2D eigenvalue weighted by Crippen LogP contribution is -2.28. The van der Waals surface area contributed by atoms with E-state index in [1.165, 1.54) is 6.33 Å². The molecule has 1 aromatic heterocycles. The largest absolute Gasteiger partial charge is 0.369 e. The van der Waals surface area contributed by atoms with Crippen molar-refractivity contribution in [3.8, 4) is 0 Å². The minimum absolute atomic E-state index is 0.0522. The van der Waals surface area contributed by atoms with Gasteiger partial charge < -0.3 is 10.6 Å². The molecule has 0 aliphatic rings. The second kappa shape index (κ2) is 7.21. The van der Waals surface area contributed by atoms with Gasteiger partial charge in [-0.3, -0.25) is 4.79 Å². The highest BCUT2D eigenvalue weighted by Crippen LogP contribution is 2.16. The number of rotatable bonds is 6. The van der Waals surface area contributed by atoms with Gasteiger partial charge in [-0.25, -0.2) is 9.97 Å². The average Bonchev–Trinajstić information content (AvgIpc) is 2.29. The van der Waals surface area contributed by atoms with Crippen molar-refractivity contribution in [1.29, 1.82) is 0 Å². The fraction of sp³-hybridized carbons (Fsp3) is 0.545. The first-order chi connectivity index (χ1) is 8.09. The van der Waals surface area contributed by atoms with Gasteiger partial charge in [0, 0.05) is 25.7 Å². The lowest BCUT2D eigenvalue weighted by Gasteiger charge is -2.09. The average molecular weight is 301 g/mol. The topological polar surface area (TPSA) is 66.9 Å². The third-order valence-electron chi connectivity index (χ3n) is 2.02. The van der Waals surface area contributed by atoms with Crippen LogP contribution in [0.5, 0.6) is 0 Å². The summed E-state index contributed by atoms with van der Waals surface area (Å²) in [6.45, 7) is 5.41. The van der Waals surface area contributed by atoms with Crippen LogP contribution in [0.15, 0.2) is 17.0 Å². The van der Waals surface area contributed by atoms with Gasteiger partial charge in [0.05, 0.1) is 4.47 Å². The Hall–Kier alpha value is -1.17. The first kappa shape index (κ1) is 13.9. The van der Waals surface area contributed by atoms with E-state index in [9.17, 15) is 4.79 Å². The van der Waals surface area contributed by atoms with Gasteiger partial charge in [-0.05, 0) is 21.8 Å². The number of nitrogens with zero attached hydrogens (tertiary/aromatic N) is 2. The summed E-state index contributed by atoms with van der Waals surface area (Å²) in [7, 11) is 0. The van der Waals surface area contributed by atoms with E-state index in [1.807, 2.05) is 0 Å². The maximum atomic E-state index is 11.4. The van der Waals surface area contributed by atoms with E-state index in [4.69, 9.17) is 0 Å². The van der Waals surface area contributed by atoms with Crippen LogP contribution in [0.25, 0.3) is 0 Å². The SMILES string of the molecule is CC(C)CNC(=O)CCNc1ncncc1Br. The molecule has 1 rings (SSSR count). The Morgan fingerprint density at radius 3 is 2.94 bits per heavy atom. The van der Waals surface area contributed by atoms with Crippen LogP contribution >= 0.6 is 15.9 Å². The van der Waals surface area contributed by atoms with Crippen LogP contribution in [0.3, 0.4) is 0 Å². The Labute approximate surface area is 110 Å². The molecule has 1 amide bonds. The molecule has 0 aliphatic heterocycles. The second-order valence-electron chi connectivity index (χ2n) is 4.09. The van der Waals surface area contributed by atoms with Crippen LogP contribution in [-0.2, 0) is 4.79 Å². The molecule has 0 aromatic carbocycles. The van der Waals surface area contributed by atoms with Gasteiger partial charge in [-0.1, -0.05) is 13.8 Å². The Kier molecular flexibility index (Phi) is 5.90. The highest BCUT2D eigenvalue weighted by atomic mass is 79.9. The molecule has 2 N–H and O–H groups in total. The number of halogens is 1. The van der Waals surface area contributed by atoms with E-state index in [1.54, 1.807) is 6.20 Å². The molecule has 94 valence electrons. The molecule has 0 bridgehead atoms. The molecule has 6 heteroatoms. The zero-order chi connectivity index (χ0) is 12.7. The van der Waals surface area contributed by atoms with Gasteiger partial charge in [0.1, 0.15) is 12.1 Å². The van der Waals surface area contributed by atoms with Gasteiger partial charge in [0.25, 0.3) is 0 Å². The number of hydrogen-bond donors (Lipinski definition) is 2. The molecule has 17 heavy (non-hydrogen) atoms. The second-order valence-corrected chi connectivity index (χ2v) is 4.95. The molecule has 0 saturated heterocycles. The summed E-state index contributed by atoms with van der Waals surface area (Å²) in [6.07, 6.45) is 3.56. The third kappa shape index (κ3) is 5.63. The van der Waals surface area contributed by atoms with Crippen molar-refractivity contribution in [2.75, 3.05) is 18.4 Å². The van der Waals surface area contributed by atoms with Crippen LogP contribution < -0.4 is 10.6 Å². The first-order valence-corrected chi connectivity index (χ1v) is 6.35. The monoisotopic (exact) mass is 300 g/mol. The molecule has 0 unspecified atom stereocenters. The Balaban J connectivity index is 2.24.